The Balaban J connectivity index is 2.34. The number of aliphatic carboxylic acids is 2. The molecule has 0 saturated heterocycles. The first-order valence-electron chi connectivity index (χ1n) is 18.0. The average molecular weight is 772 g/mol. The third kappa shape index (κ3) is 18.0. The fourth-order valence-corrected chi connectivity index (χ4v) is 5.76. The van der Waals surface area contributed by atoms with Gasteiger partial charge in [0, 0.05) is 78.2 Å². The Morgan fingerprint density at radius 2 is 1.02 bits per heavy atom. The lowest BCUT2D eigenvalue weighted by Gasteiger charge is -2.35. The average Bonchev–Trinajstić information content (AvgIpc) is 3.14. The maximum Gasteiger partial charge on any atom is 0.320 e. The molecular formula is C34H57N7O13. The molecule has 1 aromatic heterocycles. The molecule has 2 bridgehead atoms. The third-order valence-corrected chi connectivity index (χ3v) is 8.86. The predicted octanol–water partition coefficient (Wildman–Crippen LogP) is -4.34. The van der Waals surface area contributed by atoms with Gasteiger partial charge in [0.2, 0.25) is 17.7 Å². The number of aliphatic hydroxyl groups is 6. The molecule has 2 rings (SSSR count). The van der Waals surface area contributed by atoms with Crippen LogP contribution in [0.1, 0.15) is 49.9 Å². The van der Waals surface area contributed by atoms with Crippen LogP contribution < -0.4 is 16.0 Å². The number of hydrogen-bond acceptors (Lipinski definition) is 15. The molecule has 20 heteroatoms. The monoisotopic (exact) mass is 771 g/mol. The van der Waals surface area contributed by atoms with E-state index < -0.39 is 74.0 Å². The van der Waals surface area contributed by atoms with Crippen molar-refractivity contribution in [3.8, 4) is 0 Å². The minimum absolute atomic E-state index is 0.0707. The highest BCUT2D eigenvalue weighted by Gasteiger charge is 2.30. The molecule has 5 atom stereocenters. The van der Waals surface area contributed by atoms with E-state index in [-0.39, 0.29) is 96.9 Å². The molecule has 1 aromatic rings. The second-order valence-electron chi connectivity index (χ2n) is 13.2. The fourth-order valence-electron chi connectivity index (χ4n) is 5.76. The van der Waals surface area contributed by atoms with E-state index in [1.807, 2.05) is 4.90 Å². The van der Waals surface area contributed by atoms with Gasteiger partial charge in [-0.1, -0.05) is 6.07 Å². The van der Waals surface area contributed by atoms with E-state index >= 15 is 0 Å². The molecule has 1 aliphatic heterocycles. The van der Waals surface area contributed by atoms with Gasteiger partial charge in [-0.25, -0.2) is 0 Å². The SMILES string of the molecule is O=C(CCCN1CCN(C(CCC(=O)NCC(O)CO)C(=O)O)Cc2cccc(n2)CN(C(CCC(=O)NCC(O)CO)C(=O)O)CC1)NCC(O)CO. The summed E-state index contributed by atoms with van der Waals surface area (Å²) in [4.78, 5) is 72.5. The maximum atomic E-state index is 12.6. The van der Waals surface area contributed by atoms with E-state index in [1.54, 1.807) is 28.0 Å². The van der Waals surface area contributed by atoms with Gasteiger partial charge in [-0.2, -0.15) is 0 Å². The highest BCUT2D eigenvalue weighted by Crippen LogP contribution is 2.18. The quantitative estimate of drug-likeness (QED) is 0.0501. The molecule has 3 amide bonds. The van der Waals surface area contributed by atoms with Crippen molar-refractivity contribution in [1.29, 1.82) is 0 Å². The van der Waals surface area contributed by atoms with Crippen LogP contribution in [0.25, 0.3) is 0 Å². The number of aromatic nitrogens is 1. The molecule has 0 radical (unpaired) electrons. The van der Waals surface area contributed by atoms with Crippen LogP contribution in [0.5, 0.6) is 0 Å². The first-order valence-corrected chi connectivity index (χ1v) is 18.0. The molecule has 0 spiro atoms. The molecule has 306 valence electrons. The molecule has 0 aromatic carbocycles. The van der Waals surface area contributed by atoms with Gasteiger partial charge in [-0.05, 0) is 37.9 Å². The van der Waals surface area contributed by atoms with Crippen molar-refractivity contribution in [1.82, 2.24) is 35.6 Å². The van der Waals surface area contributed by atoms with Gasteiger partial charge in [0.25, 0.3) is 0 Å². The van der Waals surface area contributed by atoms with Gasteiger partial charge in [0.15, 0.2) is 0 Å². The maximum absolute atomic E-state index is 12.6. The Hall–Kier alpha value is -3.86. The van der Waals surface area contributed by atoms with Gasteiger partial charge < -0.3 is 61.7 Å². The molecule has 1 aliphatic rings. The third-order valence-electron chi connectivity index (χ3n) is 8.86. The van der Waals surface area contributed by atoms with Crippen molar-refractivity contribution in [2.75, 3.05) is 72.2 Å². The van der Waals surface area contributed by atoms with Crippen molar-refractivity contribution in [2.45, 2.75) is 82.0 Å². The minimum Gasteiger partial charge on any atom is -0.480 e. The number of aliphatic hydroxyl groups excluding tert-OH is 6. The summed E-state index contributed by atoms with van der Waals surface area (Å²) < 4.78 is 0. The largest absolute Gasteiger partial charge is 0.480 e. The molecule has 0 saturated carbocycles. The van der Waals surface area contributed by atoms with Crippen molar-refractivity contribution < 1.29 is 64.8 Å². The topological polar surface area (TPSA) is 306 Å². The van der Waals surface area contributed by atoms with Crippen LogP contribution in [0.3, 0.4) is 0 Å². The van der Waals surface area contributed by atoms with E-state index in [2.05, 4.69) is 16.0 Å². The van der Waals surface area contributed by atoms with Gasteiger partial charge in [0.1, 0.15) is 12.1 Å². The van der Waals surface area contributed by atoms with E-state index in [4.69, 9.17) is 20.3 Å². The van der Waals surface area contributed by atoms with E-state index in [0.717, 1.165) is 0 Å². The Bertz CT molecular complexity index is 1250. The van der Waals surface area contributed by atoms with E-state index in [9.17, 15) is 49.5 Å². The van der Waals surface area contributed by atoms with Gasteiger partial charge >= 0.3 is 11.9 Å². The van der Waals surface area contributed by atoms with Crippen LogP contribution in [0.2, 0.25) is 0 Å². The number of amides is 3. The number of carboxylic acid groups (broad SMARTS) is 2. The lowest BCUT2D eigenvalue weighted by molar-refractivity contribution is -0.145. The molecule has 0 fully saturated rings. The standard InChI is InChI=1S/C34H57N7O13/c42-20-25(45)15-35-30(48)5-2-10-39-11-13-40(28(33(51)52)6-8-31(49)36-16-26(46)21-43)18-23-3-1-4-24(38-23)19-41(14-12-39)29(34(53)54)7-9-32(50)37-17-27(47)22-44/h1,3-4,25-29,42-47H,2,5-22H2,(H,35,48)(H,36,49)(H,37,50)(H,51,52)(H,53,54). The molecule has 0 aliphatic carbocycles. The zero-order valence-corrected chi connectivity index (χ0v) is 30.5. The van der Waals surface area contributed by atoms with Crippen LogP contribution in [-0.2, 0) is 37.1 Å². The Morgan fingerprint density at radius 1 is 0.630 bits per heavy atom. The van der Waals surface area contributed by atoms with E-state index in [1.165, 1.54) is 0 Å². The van der Waals surface area contributed by atoms with Crippen molar-refractivity contribution in [3.05, 3.63) is 29.6 Å². The van der Waals surface area contributed by atoms with Crippen LogP contribution in [0.4, 0.5) is 0 Å². The van der Waals surface area contributed by atoms with Gasteiger partial charge in [0.05, 0.1) is 49.5 Å². The summed E-state index contributed by atoms with van der Waals surface area (Å²) in [6.07, 6.45) is -3.47. The lowest BCUT2D eigenvalue weighted by atomic mass is 10.1. The zero-order chi connectivity index (χ0) is 40.0. The number of carbonyl (C=O) groups excluding carboxylic acids is 3. The molecule has 5 unspecified atom stereocenters. The molecular weight excluding hydrogens is 714 g/mol. The predicted molar refractivity (Wildman–Crippen MR) is 190 cm³/mol. The smallest absolute Gasteiger partial charge is 0.320 e. The van der Waals surface area contributed by atoms with Crippen LogP contribution in [0.15, 0.2) is 18.2 Å². The highest BCUT2D eigenvalue weighted by molar-refractivity contribution is 5.79. The number of nitrogens with zero attached hydrogens (tertiary/aromatic N) is 4. The summed E-state index contributed by atoms with van der Waals surface area (Å²) in [7, 11) is 0. The number of fused-ring (bicyclic) bond motifs is 2. The fraction of sp³-hybridized carbons (Fsp3) is 0.706. The number of carboxylic acids is 2. The van der Waals surface area contributed by atoms with Crippen molar-refractivity contribution in [2.24, 2.45) is 0 Å². The molecule has 54 heavy (non-hydrogen) atoms. The Morgan fingerprint density at radius 3 is 1.39 bits per heavy atom. The number of carbonyl (C=O) groups is 5. The summed E-state index contributed by atoms with van der Waals surface area (Å²) in [6.45, 7) is -0.678. The van der Waals surface area contributed by atoms with Gasteiger partial charge in [-0.15, -0.1) is 0 Å². The van der Waals surface area contributed by atoms with Crippen LogP contribution in [-0.4, -0.2) is 193 Å². The van der Waals surface area contributed by atoms with Crippen LogP contribution in [0, 0.1) is 0 Å². The zero-order valence-electron chi connectivity index (χ0n) is 30.5. The molecule has 11 N–H and O–H groups in total. The Labute approximate surface area is 313 Å². The van der Waals surface area contributed by atoms with E-state index in [0.29, 0.717) is 24.4 Å². The second kappa shape index (κ2) is 25.3. The lowest BCUT2D eigenvalue weighted by Crippen LogP contribution is -2.49. The van der Waals surface area contributed by atoms with Crippen molar-refractivity contribution >= 4 is 29.7 Å². The first-order chi connectivity index (χ1) is 25.8. The molecule has 20 nitrogen and oxygen atoms in total. The number of nitrogens with one attached hydrogen (secondary N) is 3. The first kappa shape index (κ1) is 46.3. The Kier molecular flexibility index (Phi) is 21.7. The van der Waals surface area contributed by atoms with Crippen molar-refractivity contribution in [3.63, 3.8) is 0 Å². The normalized spacial score (nSPS) is 17.5. The number of pyridine rings is 1. The van der Waals surface area contributed by atoms with Crippen LogP contribution >= 0.6 is 0 Å². The summed E-state index contributed by atoms with van der Waals surface area (Å²) in [5.41, 5.74) is 0.994. The number of rotatable bonds is 23. The minimum atomic E-state index is -1.17. The second-order valence-corrected chi connectivity index (χ2v) is 13.2. The molecule has 2 heterocycles. The summed E-state index contributed by atoms with van der Waals surface area (Å²) >= 11 is 0. The summed E-state index contributed by atoms with van der Waals surface area (Å²) in [5.74, 6) is -3.68. The highest BCUT2D eigenvalue weighted by atomic mass is 16.4. The van der Waals surface area contributed by atoms with Gasteiger partial charge in [-0.3, -0.25) is 38.8 Å². The summed E-state index contributed by atoms with van der Waals surface area (Å²) in [5, 5.41) is 83.7. The number of hydrogen-bond donors (Lipinski definition) is 11. The summed E-state index contributed by atoms with van der Waals surface area (Å²) in [6, 6.07) is 2.91.